The van der Waals surface area contributed by atoms with Crippen LogP contribution in [-0.2, 0) is 0 Å². The first kappa shape index (κ1) is 15.3. The SMILES string of the molecule is CCC(CO)NC1CCN(C2CCCC(C)C2)CC1. The third kappa shape index (κ3) is 4.44. The van der Waals surface area contributed by atoms with E-state index in [0.717, 1.165) is 18.4 Å². The number of hydrogen-bond acceptors (Lipinski definition) is 3. The van der Waals surface area contributed by atoms with E-state index in [1.807, 2.05) is 0 Å². The van der Waals surface area contributed by atoms with Gasteiger partial charge in [0, 0.05) is 18.1 Å². The van der Waals surface area contributed by atoms with Crippen LogP contribution in [0.2, 0.25) is 0 Å². The molecule has 0 aromatic rings. The Kier molecular flexibility index (Phi) is 6.11. The molecule has 3 heteroatoms. The number of nitrogens with one attached hydrogen (secondary N) is 1. The van der Waals surface area contributed by atoms with Crippen molar-refractivity contribution in [2.24, 2.45) is 5.92 Å². The van der Waals surface area contributed by atoms with Crippen LogP contribution in [0.15, 0.2) is 0 Å². The Balaban J connectivity index is 1.72. The molecule has 0 bridgehead atoms. The van der Waals surface area contributed by atoms with E-state index in [9.17, 15) is 5.11 Å². The molecule has 3 nitrogen and oxygen atoms in total. The normalized spacial score (nSPS) is 32.4. The number of likely N-dealkylation sites (tertiary alicyclic amines) is 1. The summed E-state index contributed by atoms with van der Waals surface area (Å²) in [4.78, 5) is 2.73. The van der Waals surface area contributed by atoms with E-state index in [2.05, 4.69) is 24.1 Å². The maximum atomic E-state index is 9.27. The third-order valence-electron chi connectivity index (χ3n) is 5.14. The molecule has 1 heterocycles. The molecule has 112 valence electrons. The number of aliphatic hydroxyl groups excluding tert-OH is 1. The average molecular weight is 268 g/mol. The van der Waals surface area contributed by atoms with Crippen LogP contribution in [0.3, 0.4) is 0 Å². The van der Waals surface area contributed by atoms with E-state index < -0.39 is 0 Å². The van der Waals surface area contributed by atoms with Gasteiger partial charge in [-0.15, -0.1) is 0 Å². The van der Waals surface area contributed by atoms with Crippen molar-refractivity contribution >= 4 is 0 Å². The van der Waals surface area contributed by atoms with Crippen LogP contribution in [0.4, 0.5) is 0 Å². The summed E-state index contributed by atoms with van der Waals surface area (Å²) < 4.78 is 0. The fourth-order valence-corrected chi connectivity index (χ4v) is 3.80. The Labute approximate surface area is 118 Å². The summed E-state index contributed by atoms with van der Waals surface area (Å²) >= 11 is 0. The second-order valence-corrected chi connectivity index (χ2v) is 6.69. The van der Waals surface area contributed by atoms with E-state index in [1.54, 1.807) is 0 Å². The second-order valence-electron chi connectivity index (χ2n) is 6.69. The van der Waals surface area contributed by atoms with E-state index in [0.29, 0.717) is 12.1 Å². The second kappa shape index (κ2) is 7.61. The molecule has 2 N–H and O–H groups in total. The van der Waals surface area contributed by atoms with E-state index in [1.165, 1.54) is 51.6 Å². The van der Waals surface area contributed by atoms with Crippen molar-refractivity contribution in [3.8, 4) is 0 Å². The van der Waals surface area contributed by atoms with Gasteiger partial charge in [0.25, 0.3) is 0 Å². The molecule has 0 aromatic carbocycles. The van der Waals surface area contributed by atoms with Gasteiger partial charge in [0.1, 0.15) is 0 Å². The molecule has 2 fully saturated rings. The maximum absolute atomic E-state index is 9.27. The Morgan fingerprint density at radius 1 is 1.21 bits per heavy atom. The smallest absolute Gasteiger partial charge is 0.0584 e. The van der Waals surface area contributed by atoms with Gasteiger partial charge >= 0.3 is 0 Å². The number of piperidine rings is 1. The molecule has 0 aromatic heterocycles. The highest BCUT2D eigenvalue weighted by Gasteiger charge is 2.28. The van der Waals surface area contributed by atoms with Crippen molar-refractivity contribution in [3.63, 3.8) is 0 Å². The van der Waals surface area contributed by atoms with E-state index in [4.69, 9.17) is 0 Å². The van der Waals surface area contributed by atoms with Crippen LogP contribution in [0, 0.1) is 5.92 Å². The lowest BCUT2D eigenvalue weighted by atomic mass is 9.85. The fourth-order valence-electron chi connectivity index (χ4n) is 3.80. The highest BCUT2D eigenvalue weighted by atomic mass is 16.3. The maximum Gasteiger partial charge on any atom is 0.0584 e. The highest BCUT2D eigenvalue weighted by molar-refractivity contribution is 4.85. The largest absolute Gasteiger partial charge is 0.395 e. The Bertz CT molecular complexity index is 247. The predicted octanol–water partition coefficient (Wildman–Crippen LogP) is 2.39. The molecule has 0 spiro atoms. The van der Waals surface area contributed by atoms with Crippen molar-refractivity contribution in [2.75, 3.05) is 19.7 Å². The van der Waals surface area contributed by atoms with Crippen molar-refractivity contribution in [3.05, 3.63) is 0 Å². The molecular formula is C16H32N2O. The molecule has 1 saturated carbocycles. The zero-order valence-corrected chi connectivity index (χ0v) is 12.8. The summed E-state index contributed by atoms with van der Waals surface area (Å²) in [5, 5.41) is 12.9. The standard InChI is InChI=1S/C16H32N2O/c1-3-14(12-19)17-15-7-9-18(10-8-15)16-6-4-5-13(2)11-16/h13-17,19H,3-12H2,1-2H3. The van der Waals surface area contributed by atoms with Gasteiger partial charge in [-0.1, -0.05) is 26.7 Å². The van der Waals surface area contributed by atoms with Gasteiger partial charge in [0.15, 0.2) is 0 Å². The summed E-state index contributed by atoms with van der Waals surface area (Å²) in [5.41, 5.74) is 0. The lowest BCUT2D eigenvalue weighted by Crippen LogP contribution is -2.50. The molecule has 0 radical (unpaired) electrons. The van der Waals surface area contributed by atoms with Gasteiger partial charge in [-0.25, -0.2) is 0 Å². The molecular weight excluding hydrogens is 236 g/mol. The van der Waals surface area contributed by atoms with Crippen molar-refractivity contribution in [1.29, 1.82) is 0 Å². The van der Waals surface area contributed by atoms with E-state index >= 15 is 0 Å². The van der Waals surface area contributed by atoms with Crippen molar-refractivity contribution in [1.82, 2.24) is 10.2 Å². The van der Waals surface area contributed by atoms with Crippen LogP contribution >= 0.6 is 0 Å². The highest BCUT2D eigenvalue weighted by Crippen LogP contribution is 2.29. The average Bonchev–Trinajstić information content (AvgIpc) is 2.45. The number of nitrogens with zero attached hydrogens (tertiary/aromatic N) is 1. The van der Waals surface area contributed by atoms with Crippen molar-refractivity contribution in [2.45, 2.75) is 76.9 Å². The minimum absolute atomic E-state index is 0.275. The molecule has 1 aliphatic heterocycles. The number of aliphatic hydroxyl groups is 1. The quantitative estimate of drug-likeness (QED) is 0.803. The monoisotopic (exact) mass is 268 g/mol. The van der Waals surface area contributed by atoms with Crippen LogP contribution in [0.1, 0.15) is 58.8 Å². The molecule has 3 atom stereocenters. The van der Waals surface area contributed by atoms with Gasteiger partial charge in [0.05, 0.1) is 6.61 Å². The van der Waals surface area contributed by atoms with Crippen LogP contribution < -0.4 is 5.32 Å². The fraction of sp³-hybridized carbons (Fsp3) is 1.00. The molecule has 2 rings (SSSR count). The van der Waals surface area contributed by atoms with Gasteiger partial charge in [-0.05, 0) is 51.1 Å². The topological polar surface area (TPSA) is 35.5 Å². The first-order chi connectivity index (χ1) is 9.22. The Morgan fingerprint density at radius 2 is 1.95 bits per heavy atom. The van der Waals surface area contributed by atoms with Crippen molar-refractivity contribution < 1.29 is 5.11 Å². The first-order valence-electron chi connectivity index (χ1n) is 8.33. The molecule has 0 amide bonds. The summed E-state index contributed by atoms with van der Waals surface area (Å²) in [5.74, 6) is 0.924. The van der Waals surface area contributed by atoms with Crippen LogP contribution in [0.25, 0.3) is 0 Å². The van der Waals surface area contributed by atoms with E-state index in [-0.39, 0.29) is 6.61 Å². The molecule has 2 aliphatic rings. The molecule has 3 unspecified atom stereocenters. The molecule has 1 saturated heterocycles. The Hall–Kier alpha value is -0.120. The zero-order chi connectivity index (χ0) is 13.7. The lowest BCUT2D eigenvalue weighted by Gasteiger charge is -2.41. The molecule has 1 aliphatic carbocycles. The summed E-state index contributed by atoms with van der Waals surface area (Å²) in [6.07, 6.45) is 9.21. The zero-order valence-electron chi connectivity index (χ0n) is 12.8. The minimum Gasteiger partial charge on any atom is -0.395 e. The predicted molar refractivity (Wildman–Crippen MR) is 80.3 cm³/mol. The minimum atomic E-state index is 0.275. The van der Waals surface area contributed by atoms with Crippen LogP contribution in [0.5, 0.6) is 0 Å². The van der Waals surface area contributed by atoms with Gasteiger partial charge in [-0.3, -0.25) is 0 Å². The number of rotatable bonds is 5. The summed E-state index contributed by atoms with van der Waals surface area (Å²) in [7, 11) is 0. The Morgan fingerprint density at radius 3 is 2.53 bits per heavy atom. The summed E-state index contributed by atoms with van der Waals surface area (Å²) in [6.45, 7) is 7.32. The molecule has 19 heavy (non-hydrogen) atoms. The summed E-state index contributed by atoms with van der Waals surface area (Å²) in [6, 6.07) is 1.77. The number of hydrogen-bond donors (Lipinski definition) is 2. The van der Waals surface area contributed by atoms with Crippen LogP contribution in [-0.4, -0.2) is 47.8 Å². The van der Waals surface area contributed by atoms with Gasteiger partial charge < -0.3 is 15.3 Å². The van der Waals surface area contributed by atoms with Gasteiger partial charge in [-0.2, -0.15) is 0 Å². The first-order valence-corrected chi connectivity index (χ1v) is 8.33. The van der Waals surface area contributed by atoms with Gasteiger partial charge in [0.2, 0.25) is 0 Å². The third-order valence-corrected chi connectivity index (χ3v) is 5.14. The lowest BCUT2D eigenvalue weighted by molar-refractivity contribution is 0.0947.